The third-order valence-electron chi connectivity index (χ3n) is 3.17. The van der Waals surface area contributed by atoms with Gasteiger partial charge in [0, 0.05) is 12.7 Å². The first-order chi connectivity index (χ1) is 10.2. The van der Waals surface area contributed by atoms with Crippen LogP contribution in [0.1, 0.15) is 12.6 Å². The monoisotopic (exact) mass is 298 g/mol. The molecule has 1 aromatic heterocycles. The number of hydrogen-bond acceptors (Lipinski definition) is 3. The summed E-state index contributed by atoms with van der Waals surface area (Å²) in [4.78, 5) is 14.0. The zero-order valence-corrected chi connectivity index (χ0v) is 12.3. The molecule has 0 aliphatic carbocycles. The number of amides is 1. The van der Waals surface area contributed by atoms with E-state index in [2.05, 4.69) is 10.4 Å². The highest BCUT2D eigenvalue weighted by atomic mass is 32.1. The number of rotatable bonds is 3. The number of nitrogens with one attached hydrogen (secondary N) is 1. The molecule has 1 fully saturated rings. The molecule has 106 valence electrons. The lowest BCUT2D eigenvalue weighted by Gasteiger charge is -2.13. The molecule has 3 rings (SSSR count). The van der Waals surface area contributed by atoms with Crippen molar-refractivity contribution in [3.8, 4) is 0 Å². The maximum atomic E-state index is 12.5. The van der Waals surface area contributed by atoms with Gasteiger partial charge in [0.2, 0.25) is 0 Å². The molecule has 21 heavy (non-hydrogen) atoms. The number of thiocarbonyl (C=S) groups is 1. The molecule has 0 atom stereocenters. The van der Waals surface area contributed by atoms with Crippen molar-refractivity contribution < 1.29 is 4.79 Å². The Morgan fingerprint density at radius 1 is 1.29 bits per heavy atom. The Hall–Kier alpha value is -2.47. The van der Waals surface area contributed by atoms with Gasteiger partial charge in [0.15, 0.2) is 5.11 Å². The van der Waals surface area contributed by atoms with Crippen molar-refractivity contribution in [1.29, 1.82) is 0 Å². The second-order valence-corrected chi connectivity index (χ2v) is 4.95. The van der Waals surface area contributed by atoms with Gasteiger partial charge in [-0.3, -0.25) is 14.4 Å². The summed E-state index contributed by atoms with van der Waals surface area (Å²) in [6, 6.07) is 11.2. The zero-order valence-electron chi connectivity index (χ0n) is 11.5. The highest BCUT2D eigenvalue weighted by molar-refractivity contribution is 7.80. The first-order valence-corrected chi connectivity index (χ1v) is 7.05. The van der Waals surface area contributed by atoms with Crippen LogP contribution in [0.2, 0.25) is 0 Å². The molecule has 1 saturated heterocycles. The van der Waals surface area contributed by atoms with E-state index in [1.165, 1.54) is 4.90 Å². The van der Waals surface area contributed by atoms with E-state index in [1.807, 2.05) is 49.5 Å². The van der Waals surface area contributed by atoms with Crippen LogP contribution < -0.4 is 10.2 Å². The van der Waals surface area contributed by atoms with Gasteiger partial charge in [-0.15, -0.1) is 0 Å². The summed E-state index contributed by atoms with van der Waals surface area (Å²) in [5.41, 5.74) is 1.91. The molecule has 1 N–H and O–H groups in total. The van der Waals surface area contributed by atoms with Gasteiger partial charge < -0.3 is 5.32 Å². The van der Waals surface area contributed by atoms with E-state index < -0.39 is 0 Å². The maximum absolute atomic E-state index is 12.5. The van der Waals surface area contributed by atoms with Crippen molar-refractivity contribution >= 4 is 35.0 Å². The summed E-state index contributed by atoms with van der Waals surface area (Å²) in [7, 11) is 0. The molecule has 1 amide bonds. The normalized spacial score (nSPS) is 16.6. The van der Waals surface area contributed by atoms with Gasteiger partial charge in [-0.2, -0.15) is 5.10 Å². The predicted molar refractivity (Wildman–Crippen MR) is 85.5 cm³/mol. The number of carbonyl (C=O) groups excluding carboxylic acids is 1. The molecule has 0 unspecified atom stereocenters. The van der Waals surface area contributed by atoms with Crippen molar-refractivity contribution in [3.05, 3.63) is 54.0 Å². The number of aryl methyl sites for hydroxylation is 1. The van der Waals surface area contributed by atoms with Crippen LogP contribution >= 0.6 is 12.2 Å². The molecule has 1 aromatic carbocycles. The fourth-order valence-electron chi connectivity index (χ4n) is 2.13. The van der Waals surface area contributed by atoms with Gasteiger partial charge in [-0.25, -0.2) is 0 Å². The van der Waals surface area contributed by atoms with E-state index in [-0.39, 0.29) is 5.91 Å². The Kier molecular flexibility index (Phi) is 3.53. The summed E-state index contributed by atoms with van der Waals surface area (Å²) < 4.78 is 1.80. The van der Waals surface area contributed by atoms with Crippen LogP contribution in [0.3, 0.4) is 0 Å². The summed E-state index contributed by atoms with van der Waals surface area (Å²) in [5, 5.41) is 7.67. The van der Waals surface area contributed by atoms with Crippen molar-refractivity contribution in [2.45, 2.75) is 13.5 Å². The SMILES string of the molecule is CCn1ccc(/C=C2/NC(=S)N(c3ccccc3)C2=O)n1. The van der Waals surface area contributed by atoms with Gasteiger partial charge in [0.25, 0.3) is 5.91 Å². The summed E-state index contributed by atoms with van der Waals surface area (Å²) >= 11 is 5.25. The van der Waals surface area contributed by atoms with Crippen molar-refractivity contribution in [3.63, 3.8) is 0 Å². The van der Waals surface area contributed by atoms with E-state index in [9.17, 15) is 4.79 Å². The number of aromatic nitrogens is 2. The third-order valence-corrected chi connectivity index (χ3v) is 3.45. The molecule has 0 bridgehead atoms. The molecule has 2 heterocycles. The highest BCUT2D eigenvalue weighted by Gasteiger charge is 2.31. The second-order valence-electron chi connectivity index (χ2n) is 4.56. The van der Waals surface area contributed by atoms with Crippen molar-refractivity contribution in [2.75, 3.05) is 4.90 Å². The Morgan fingerprint density at radius 2 is 2.05 bits per heavy atom. The minimum absolute atomic E-state index is 0.169. The Labute approximate surface area is 127 Å². The van der Waals surface area contributed by atoms with E-state index in [0.29, 0.717) is 10.8 Å². The number of hydrogen-bond donors (Lipinski definition) is 1. The number of anilines is 1. The smallest absolute Gasteiger partial charge is 0.281 e. The lowest BCUT2D eigenvalue weighted by atomic mass is 10.3. The lowest BCUT2D eigenvalue weighted by Crippen LogP contribution is -2.30. The Morgan fingerprint density at radius 3 is 2.71 bits per heavy atom. The molecule has 2 aromatic rings. The molecule has 0 radical (unpaired) electrons. The quantitative estimate of drug-likeness (QED) is 0.697. The van der Waals surface area contributed by atoms with E-state index >= 15 is 0 Å². The summed E-state index contributed by atoms with van der Waals surface area (Å²) in [5.74, 6) is -0.169. The van der Waals surface area contributed by atoms with Crippen LogP contribution in [-0.4, -0.2) is 20.8 Å². The van der Waals surface area contributed by atoms with Crippen LogP contribution in [0.5, 0.6) is 0 Å². The summed E-state index contributed by atoms with van der Waals surface area (Å²) in [6.45, 7) is 2.80. The third kappa shape index (κ3) is 2.57. The topological polar surface area (TPSA) is 50.2 Å². The van der Waals surface area contributed by atoms with Gasteiger partial charge in [-0.1, -0.05) is 18.2 Å². The Bertz CT molecular complexity index is 720. The average Bonchev–Trinajstić information content (AvgIpc) is 3.05. The van der Waals surface area contributed by atoms with Gasteiger partial charge in [0.1, 0.15) is 5.70 Å². The van der Waals surface area contributed by atoms with E-state index in [1.54, 1.807) is 10.8 Å². The Balaban J connectivity index is 1.90. The number of benzene rings is 1. The maximum Gasteiger partial charge on any atom is 0.281 e. The first kappa shape index (κ1) is 13.5. The molecular weight excluding hydrogens is 284 g/mol. The van der Waals surface area contributed by atoms with Gasteiger partial charge in [0.05, 0.1) is 11.4 Å². The van der Waals surface area contributed by atoms with Gasteiger partial charge >= 0.3 is 0 Å². The molecule has 0 saturated carbocycles. The second kappa shape index (κ2) is 5.49. The van der Waals surface area contributed by atoms with Crippen LogP contribution in [0.15, 0.2) is 48.3 Å². The molecule has 1 aliphatic rings. The minimum Gasteiger partial charge on any atom is -0.327 e. The molecule has 1 aliphatic heterocycles. The number of para-hydroxylation sites is 1. The number of nitrogens with zero attached hydrogens (tertiary/aromatic N) is 3. The van der Waals surface area contributed by atoms with E-state index in [0.717, 1.165) is 17.9 Å². The standard InChI is InChI=1S/C15H14N4OS/c1-2-18-9-8-11(17-18)10-13-14(20)19(15(21)16-13)12-6-4-3-5-7-12/h3-10H,2H2,1H3,(H,16,21)/b13-10+. The van der Waals surface area contributed by atoms with E-state index in [4.69, 9.17) is 12.2 Å². The predicted octanol–water partition coefficient (Wildman–Crippen LogP) is 2.17. The highest BCUT2D eigenvalue weighted by Crippen LogP contribution is 2.21. The molecule has 5 nitrogen and oxygen atoms in total. The summed E-state index contributed by atoms with van der Waals surface area (Å²) in [6.07, 6.45) is 3.59. The molecule has 0 spiro atoms. The van der Waals surface area contributed by atoms with Gasteiger partial charge in [-0.05, 0) is 43.4 Å². The lowest BCUT2D eigenvalue weighted by molar-refractivity contribution is -0.113. The molecular formula is C15H14N4OS. The zero-order chi connectivity index (χ0) is 14.8. The fraction of sp³-hybridized carbons (Fsp3) is 0.133. The largest absolute Gasteiger partial charge is 0.327 e. The van der Waals surface area contributed by atoms with Crippen molar-refractivity contribution in [1.82, 2.24) is 15.1 Å². The molecule has 6 heteroatoms. The van der Waals surface area contributed by atoms with Crippen LogP contribution in [0.4, 0.5) is 5.69 Å². The number of carbonyl (C=O) groups is 1. The van der Waals surface area contributed by atoms with Crippen LogP contribution in [0, 0.1) is 0 Å². The van der Waals surface area contributed by atoms with Crippen molar-refractivity contribution in [2.24, 2.45) is 0 Å². The minimum atomic E-state index is -0.169. The van der Waals surface area contributed by atoms with Crippen LogP contribution in [0.25, 0.3) is 6.08 Å². The average molecular weight is 298 g/mol. The first-order valence-electron chi connectivity index (χ1n) is 6.64. The fourth-order valence-corrected chi connectivity index (χ4v) is 2.42. The van der Waals surface area contributed by atoms with Crippen LogP contribution in [-0.2, 0) is 11.3 Å².